The first-order valence-electron chi connectivity index (χ1n) is 13.8. The fourth-order valence-electron chi connectivity index (χ4n) is 4.96. The Kier molecular flexibility index (Phi) is 9.76. The van der Waals surface area contributed by atoms with E-state index in [0.717, 1.165) is 31.4 Å². The van der Waals surface area contributed by atoms with Crippen LogP contribution in [0.5, 0.6) is 5.75 Å². The summed E-state index contributed by atoms with van der Waals surface area (Å²) in [6.45, 7) is 2.48. The SMILES string of the molecule is CCCNC(=O)c1ccc(C(=O)/C(=C\C(=O)c2ccc(OC(F)(F)F)cc2)c2ccc(C3CCCCC3)cc2)cc1. The van der Waals surface area contributed by atoms with Gasteiger partial charge in [0.25, 0.3) is 5.91 Å². The largest absolute Gasteiger partial charge is 0.573 e. The Labute approximate surface area is 237 Å². The summed E-state index contributed by atoms with van der Waals surface area (Å²) < 4.78 is 41.5. The minimum absolute atomic E-state index is 0.103. The fraction of sp³-hybridized carbons (Fsp3) is 0.303. The van der Waals surface area contributed by atoms with Crippen LogP contribution in [0.1, 0.15) is 93.6 Å². The van der Waals surface area contributed by atoms with Crippen molar-refractivity contribution in [2.45, 2.75) is 57.7 Å². The van der Waals surface area contributed by atoms with Gasteiger partial charge in [-0.2, -0.15) is 0 Å². The molecule has 214 valence electrons. The second kappa shape index (κ2) is 13.4. The zero-order valence-corrected chi connectivity index (χ0v) is 22.8. The van der Waals surface area contributed by atoms with Gasteiger partial charge in [-0.3, -0.25) is 14.4 Å². The van der Waals surface area contributed by atoms with Crippen LogP contribution in [-0.2, 0) is 0 Å². The predicted octanol–water partition coefficient (Wildman–Crippen LogP) is 7.92. The van der Waals surface area contributed by atoms with Crippen molar-refractivity contribution in [3.05, 3.63) is 107 Å². The van der Waals surface area contributed by atoms with E-state index in [4.69, 9.17) is 0 Å². The van der Waals surface area contributed by atoms with Crippen LogP contribution in [0.2, 0.25) is 0 Å². The number of hydrogen-bond donors (Lipinski definition) is 1. The summed E-state index contributed by atoms with van der Waals surface area (Å²) in [4.78, 5) is 39.2. The highest BCUT2D eigenvalue weighted by atomic mass is 19.4. The number of rotatable bonds is 10. The molecule has 41 heavy (non-hydrogen) atoms. The monoisotopic (exact) mass is 563 g/mol. The van der Waals surface area contributed by atoms with E-state index < -0.39 is 23.7 Å². The maximum absolute atomic E-state index is 13.7. The number of alkyl halides is 3. The Balaban J connectivity index is 1.64. The molecule has 0 saturated heterocycles. The van der Waals surface area contributed by atoms with Gasteiger partial charge in [0.05, 0.1) is 0 Å². The lowest BCUT2D eigenvalue weighted by molar-refractivity contribution is -0.274. The number of carbonyl (C=O) groups is 3. The summed E-state index contributed by atoms with van der Waals surface area (Å²) in [6, 6.07) is 18.4. The van der Waals surface area contributed by atoms with E-state index in [0.29, 0.717) is 29.2 Å². The third-order valence-corrected chi connectivity index (χ3v) is 7.14. The van der Waals surface area contributed by atoms with Crippen LogP contribution < -0.4 is 10.1 Å². The minimum atomic E-state index is -4.85. The summed E-state index contributed by atoms with van der Waals surface area (Å²) in [7, 11) is 0. The lowest BCUT2D eigenvalue weighted by atomic mass is 9.83. The van der Waals surface area contributed by atoms with Gasteiger partial charge in [0.2, 0.25) is 0 Å². The Morgan fingerprint density at radius 2 is 1.37 bits per heavy atom. The van der Waals surface area contributed by atoms with E-state index in [2.05, 4.69) is 10.1 Å². The normalized spacial score (nSPS) is 14.4. The molecule has 0 unspecified atom stereocenters. The van der Waals surface area contributed by atoms with Gasteiger partial charge in [0, 0.05) is 28.8 Å². The zero-order chi connectivity index (χ0) is 29.4. The molecule has 1 amide bonds. The van der Waals surface area contributed by atoms with Crippen LogP contribution >= 0.6 is 0 Å². The maximum Gasteiger partial charge on any atom is 0.573 e. The van der Waals surface area contributed by atoms with E-state index >= 15 is 0 Å². The third-order valence-electron chi connectivity index (χ3n) is 7.14. The molecule has 5 nitrogen and oxygen atoms in total. The lowest BCUT2D eigenvalue weighted by Gasteiger charge is -2.22. The number of amides is 1. The highest BCUT2D eigenvalue weighted by Gasteiger charge is 2.31. The molecule has 1 saturated carbocycles. The molecular weight excluding hydrogens is 531 g/mol. The Morgan fingerprint density at radius 3 is 1.95 bits per heavy atom. The smallest absolute Gasteiger partial charge is 0.406 e. The quantitative estimate of drug-likeness (QED) is 0.201. The topological polar surface area (TPSA) is 72.5 Å². The van der Waals surface area contributed by atoms with Gasteiger partial charge in [-0.25, -0.2) is 0 Å². The van der Waals surface area contributed by atoms with Crippen LogP contribution in [0.15, 0.2) is 78.9 Å². The van der Waals surface area contributed by atoms with Crippen molar-refractivity contribution in [2.24, 2.45) is 0 Å². The minimum Gasteiger partial charge on any atom is -0.406 e. The number of nitrogens with one attached hydrogen (secondary N) is 1. The summed E-state index contributed by atoms with van der Waals surface area (Å²) >= 11 is 0. The number of Topliss-reactive ketones (excluding diaryl/α,β-unsaturated/α-hetero) is 1. The maximum atomic E-state index is 13.7. The molecule has 0 heterocycles. The Bertz CT molecular complexity index is 1390. The molecule has 1 aliphatic rings. The first-order chi connectivity index (χ1) is 19.6. The van der Waals surface area contributed by atoms with Crippen molar-refractivity contribution in [3.63, 3.8) is 0 Å². The van der Waals surface area contributed by atoms with Gasteiger partial charge in [0.1, 0.15) is 5.75 Å². The molecular formula is C33H32F3NO4. The molecule has 3 aromatic carbocycles. The van der Waals surface area contributed by atoms with Gasteiger partial charge in [-0.1, -0.05) is 62.6 Å². The van der Waals surface area contributed by atoms with Crippen LogP contribution in [-0.4, -0.2) is 30.4 Å². The summed E-state index contributed by atoms with van der Waals surface area (Å²) in [6.07, 6.45) is 2.99. The molecule has 0 radical (unpaired) electrons. The number of allylic oxidation sites excluding steroid dienone is 2. The first-order valence-corrected chi connectivity index (χ1v) is 13.8. The molecule has 1 N–H and O–H groups in total. The van der Waals surface area contributed by atoms with Gasteiger partial charge >= 0.3 is 6.36 Å². The number of halogens is 3. The highest BCUT2D eigenvalue weighted by molar-refractivity contribution is 6.32. The van der Waals surface area contributed by atoms with Gasteiger partial charge in [0.15, 0.2) is 11.6 Å². The second-order valence-electron chi connectivity index (χ2n) is 10.1. The number of hydrogen-bond acceptors (Lipinski definition) is 4. The molecule has 0 aromatic heterocycles. The molecule has 3 aromatic rings. The van der Waals surface area contributed by atoms with Gasteiger partial charge in [-0.15, -0.1) is 13.2 Å². The standard InChI is InChI=1S/C33H32F3NO4/c1-2-20-37-32(40)27-14-12-26(13-15-27)31(39)29(24-10-8-23(9-11-24)22-6-4-3-5-7-22)21-30(38)25-16-18-28(19-17-25)41-33(34,35)36/h8-19,21-22H,2-7,20H2,1H3,(H,37,40)/b29-21-. The van der Waals surface area contributed by atoms with Gasteiger partial charge < -0.3 is 10.1 Å². The Morgan fingerprint density at radius 1 is 0.805 bits per heavy atom. The number of ether oxygens (including phenoxy) is 1. The average Bonchev–Trinajstić information content (AvgIpc) is 2.98. The van der Waals surface area contributed by atoms with Crippen LogP contribution in [0.25, 0.3) is 5.57 Å². The first kappa shape index (κ1) is 29.8. The van der Waals surface area contributed by atoms with Crippen molar-refractivity contribution in [1.29, 1.82) is 0 Å². The van der Waals surface area contributed by atoms with E-state index in [9.17, 15) is 27.6 Å². The molecule has 1 fully saturated rings. The van der Waals surface area contributed by atoms with E-state index in [1.165, 1.54) is 43.0 Å². The molecule has 0 bridgehead atoms. The van der Waals surface area contributed by atoms with E-state index in [1.807, 2.05) is 31.2 Å². The zero-order valence-electron chi connectivity index (χ0n) is 22.8. The summed E-state index contributed by atoms with van der Waals surface area (Å²) in [5.41, 5.74) is 2.69. The summed E-state index contributed by atoms with van der Waals surface area (Å²) in [5.74, 6) is -1.18. The third kappa shape index (κ3) is 8.16. The second-order valence-corrected chi connectivity index (χ2v) is 10.1. The predicted molar refractivity (Wildman–Crippen MR) is 151 cm³/mol. The highest BCUT2D eigenvalue weighted by Crippen LogP contribution is 2.33. The number of ketones is 2. The van der Waals surface area contributed by atoms with Crippen molar-refractivity contribution in [2.75, 3.05) is 6.54 Å². The van der Waals surface area contributed by atoms with Crippen molar-refractivity contribution >= 4 is 23.0 Å². The summed E-state index contributed by atoms with van der Waals surface area (Å²) in [5, 5.41) is 2.79. The average molecular weight is 564 g/mol. The fourth-order valence-corrected chi connectivity index (χ4v) is 4.96. The van der Waals surface area contributed by atoms with Crippen molar-refractivity contribution in [3.8, 4) is 5.75 Å². The van der Waals surface area contributed by atoms with E-state index in [-0.39, 0.29) is 17.0 Å². The molecule has 1 aliphatic carbocycles. The van der Waals surface area contributed by atoms with Crippen LogP contribution in [0.4, 0.5) is 13.2 Å². The molecule has 4 rings (SSSR count). The van der Waals surface area contributed by atoms with E-state index in [1.54, 1.807) is 24.3 Å². The number of carbonyl (C=O) groups excluding carboxylic acids is 3. The van der Waals surface area contributed by atoms with Crippen LogP contribution in [0, 0.1) is 0 Å². The molecule has 0 atom stereocenters. The number of benzene rings is 3. The van der Waals surface area contributed by atoms with Gasteiger partial charge in [-0.05, 0) is 78.8 Å². The van der Waals surface area contributed by atoms with Crippen LogP contribution in [0.3, 0.4) is 0 Å². The lowest BCUT2D eigenvalue weighted by Crippen LogP contribution is -2.23. The molecule has 8 heteroatoms. The Hall–Kier alpha value is -4.20. The molecule has 0 spiro atoms. The molecule has 0 aliphatic heterocycles. The van der Waals surface area contributed by atoms with Crippen molar-refractivity contribution < 1.29 is 32.3 Å². The van der Waals surface area contributed by atoms with Crippen molar-refractivity contribution in [1.82, 2.24) is 5.32 Å².